The van der Waals surface area contributed by atoms with Gasteiger partial charge in [-0.1, -0.05) is 37.3 Å². The van der Waals surface area contributed by atoms with E-state index in [9.17, 15) is 0 Å². The summed E-state index contributed by atoms with van der Waals surface area (Å²) in [5.74, 6) is 3.40. The predicted octanol–water partition coefficient (Wildman–Crippen LogP) is 3.02. The minimum atomic E-state index is 0.429. The van der Waals surface area contributed by atoms with E-state index in [1.165, 1.54) is 44.9 Å². The summed E-state index contributed by atoms with van der Waals surface area (Å²) < 4.78 is 7.48. The minimum Gasteiger partial charge on any atom is -0.378 e. The van der Waals surface area contributed by atoms with Crippen LogP contribution in [0.1, 0.15) is 69.9 Å². The van der Waals surface area contributed by atoms with E-state index in [4.69, 9.17) is 14.7 Å². The third-order valence-electron chi connectivity index (χ3n) is 8.18. The first-order chi connectivity index (χ1) is 19.3. The Labute approximate surface area is 233 Å². The van der Waals surface area contributed by atoms with Crippen molar-refractivity contribution in [2.24, 2.45) is 5.92 Å². The second-order valence-electron chi connectivity index (χ2n) is 11.3. The maximum atomic E-state index is 5.54. The number of rotatable bonds is 14. The summed E-state index contributed by atoms with van der Waals surface area (Å²) in [6.07, 6.45) is 15.2. The predicted molar refractivity (Wildman–Crippen MR) is 155 cm³/mol. The van der Waals surface area contributed by atoms with Crippen molar-refractivity contribution in [2.75, 3.05) is 68.0 Å². The second kappa shape index (κ2) is 15.3. The largest absolute Gasteiger partial charge is 0.378 e. The Bertz CT molecular complexity index is 967. The lowest BCUT2D eigenvalue weighted by atomic mass is 9.86. The third kappa shape index (κ3) is 9.29. The molecule has 3 fully saturated rings. The molecule has 11 heteroatoms. The smallest absolute Gasteiger partial charge is 0.226 e. The highest BCUT2D eigenvalue weighted by molar-refractivity contribution is 5.54. The lowest BCUT2D eigenvalue weighted by Crippen LogP contribution is -2.37. The van der Waals surface area contributed by atoms with Gasteiger partial charge in [0, 0.05) is 31.7 Å². The number of aromatic nitrogens is 5. The van der Waals surface area contributed by atoms with Crippen molar-refractivity contribution in [1.82, 2.24) is 35.6 Å². The number of nitrogens with zero attached hydrogens (tertiary/aromatic N) is 6. The van der Waals surface area contributed by atoms with Crippen LogP contribution in [0.5, 0.6) is 0 Å². The highest BCUT2D eigenvalue weighted by Crippen LogP contribution is 2.27. The lowest BCUT2D eigenvalue weighted by molar-refractivity contribution is 0.122. The maximum Gasteiger partial charge on any atom is 0.226 e. The minimum absolute atomic E-state index is 0.429. The first kappa shape index (κ1) is 28.0. The van der Waals surface area contributed by atoms with Crippen molar-refractivity contribution in [3.8, 4) is 0 Å². The van der Waals surface area contributed by atoms with Gasteiger partial charge >= 0.3 is 0 Å². The maximum absolute atomic E-state index is 5.54. The average Bonchev–Trinajstić information content (AvgIpc) is 3.45. The average molecular weight is 541 g/mol. The molecular formula is C28H48N10O. The van der Waals surface area contributed by atoms with Gasteiger partial charge in [-0.15, -0.1) is 5.10 Å². The van der Waals surface area contributed by atoms with E-state index < -0.39 is 0 Å². The van der Waals surface area contributed by atoms with Crippen LogP contribution < -0.4 is 26.2 Å². The number of aryl methyl sites for hydroxylation is 1. The zero-order chi connectivity index (χ0) is 26.5. The first-order valence-corrected chi connectivity index (χ1v) is 15.3. The van der Waals surface area contributed by atoms with Gasteiger partial charge in [-0.25, -0.2) is 0 Å². The topological polar surface area (TPSA) is 117 Å². The molecule has 0 bridgehead atoms. The van der Waals surface area contributed by atoms with Gasteiger partial charge in [0.25, 0.3) is 0 Å². The molecule has 4 N–H and O–H groups in total. The number of morpholine rings is 1. The monoisotopic (exact) mass is 540 g/mol. The van der Waals surface area contributed by atoms with Crippen LogP contribution in [0.3, 0.4) is 0 Å². The van der Waals surface area contributed by atoms with Gasteiger partial charge < -0.3 is 30.9 Å². The van der Waals surface area contributed by atoms with Crippen molar-refractivity contribution in [3.05, 3.63) is 18.0 Å². The fraction of sp³-hybridized carbons (Fsp3) is 0.786. The van der Waals surface area contributed by atoms with Gasteiger partial charge in [0.15, 0.2) is 0 Å². The second-order valence-corrected chi connectivity index (χ2v) is 11.3. The highest BCUT2D eigenvalue weighted by Gasteiger charge is 2.18. The molecule has 0 spiro atoms. The van der Waals surface area contributed by atoms with E-state index in [1.54, 1.807) is 0 Å². The summed E-state index contributed by atoms with van der Waals surface area (Å²) in [5.41, 5.74) is 0.892. The molecule has 0 unspecified atom stereocenters. The molecule has 3 aliphatic rings. The van der Waals surface area contributed by atoms with Gasteiger partial charge in [-0.3, -0.25) is 4.68 Å². The molecule has 5 rings (SSSR count). The third-order valence-corrected chi connectivity index (χ3v) is 8.18. The molecule has 2 aliphatic heterocycles. The van der Waals surface area contributed by atoms with Gasteiger partial charge in [0.05, 0.1) is 26.0 Å². The van der Waals surface area contributed by atoms with Crippen LogP contribution in [-0.2, 0) is 17.8 Å². The summed E-state index contributed by atoms with van der Waals surface area (Å²) in [5, 5.41) is 22.7. The number of nitrogens with one attached hydrogen (secondary N) is 4. The summed E-state index contributed by atoms with van der Waals surface area (Å²) in [6.45, 7) is 8.77. The lowest BCUT2D eigenvalue weighted by Gasteiger charge is -2.29. The number of ether oxygens (including phenoxy) is 1. The van der Waals surface area contributed by atoms with E-state index in [-0.39, 0.29) is 0 Å². The Kier molecular flexibility index (Phi) is 11.0. The van der Waals surface area contributed by atoms with Crippen molar-refractivity contribution >= 4 is 17.6 Å². The molecule has 1 aliphatic carbocycles. The van der Waals surface area contributed by atoms with Crippen LogP contribution in [0.25, 0.3) is 0 Å². The summed E-state index contributed by atoms with van der Waals surface area (Å²) in [6, 6.07) is 2.50. The van der Waals surface area contributed by atoms with E-state index in [0.29, 0.717) is 18.5 Å². The van der Waals surface area contributed by atoms with Crippen molar-refractivity contribution in [1.29, 1.82) is 0 Å². The van der Waals surface area contributed by atoms with E-state index in [2.05, 4.69) is 42.5 Å². The zero-order valence-corrected chi connectivity index (χ0v) is 23.5. The Morgan fingerprint density at radius 3 is 2.64 bits per heavy atom. The number of piperidine rings is 1. The van der Waals surface area contributed by atoms with Crippen LogP contribution in [0.15, 0.2) is 12.3 Å². The molecule has 0 amide bonds. The van der Waals surface area contributed by atoms with E-state index >= 15 is 0 Å². The Hall–Kier alpha value is -2.50. The van der Waals surface area contributed by atoms with Gasteiger partial charge in [-0.2, -0.15) is 9.97 Å². The molecule has 4 heterocycles. The molecule has 0 atom stereocenters. The van der Waals surface area contributed by atoms with Crippen LogP contribution in [0.2, 0.25) is 0 Å². The highest BCUT2D eigenvalue weighted by atomic mass is 16.5. The Morgan fingerprint density at radius 1 is 0.974 bits per heavy atom. The Balaban J connectivity index is 1.06. The summed E-state index contributed by atoms with van der Waals surface area (Å²) >= 11 is 0. The fourth-order valence-electron chi connectivity index (χ4n) is 5.90. The zero-order valence-electron chi connectivity index (χ0n) is 23.5. The molecule has 2 saturated heterocycles. The van der Waals surface area contributed by atoms with Crippen molar-refractivity contribution in [3.63, 3.8) is 0 Å². The van der Waals surface area contributed by atoms with Gasteiger partial charge in [0.1, 0.15) is 17.3 Å². The van der Waals surface area contributed by atoms with Crippen LogP contribution in [0, 0.1) is 5.92 Å². The van der Waals surface area contributed by atoms with Crippen LogP contribution in [0.4, 0.5) is 17.6 Å². The standard InChI is InChI=1S/C28H48N10O/c1-2-6-23(7-3-1)8-4-11-29-12-5-15-38-22-25(35-36-38)21-31-28-33-26(32-24-9-13-30-14-10-24)20-27(34-28)37-16-18-39-19-17-37/h20,22-24,29-30H,1-19,21H2,(H2,31,32,33,34). The summed E-state index contributed by atoms with van der Waals surface area (Å²) in [4.78, 5) is 11.9. The summed E-state index contributed by atoms with van der Waals surface area (Å²) in [7, 11) is 0. The molecule has 0 aromatic carbocycles. The van der Waals surface area contributed by atoms with E-state index in [1.807, 2.05) is 10.9 Å². The molecule has 2 aromatic rings. The number of hydrogen-bond donors (Lipinski definition) is 4. The fourth-order valence-corrected chi connectivity index (χ4v) is 5.90. The number of anilines is 3. The molecule has 11 nitrogen and oxygen atoms in total. The van der Waals surface area contributed by atoms with E-state index in [0.717, 1.165) is 102 Å². The van der Waals surface area contributed by atoms with Crippen LogP contribution in [-0.4, -0.2) is 83.5 Å². The first-order valence-electron chi connectivity index (χ1n) is 15.3. The molecule has 2 aromatic heterocycles. The molecule has 216 valence electrons. The molecule has 39 heavy (non-hydrogen) atoms. The molecular weight excluding hydrogens is 492 g/mol. The quantitative estimate of drug-likeness (QED) is 0.266. The Morgan fingerprint density at radius 2 is 1.79 bits per heavy atom. The number of hydrogen-bond acceptors (Lipinski definition) is 10. The van der Waals surface area contributed by atoms with Gasteiger partial charge in [-0.05, 0) is 64.2 Å². The van der Waals surface area contributed by atoms with Crippen molar-refractivity contribution < 1.29 is 4.74 Å². The van der Waals surface area contributed by atoms with Crippen LogP contribution >= 0.6 is 0 Å². The normalized spacial score (nSPS) is 19.3. The van der Waals surface area contributed by atoms with Crippen molar-refractivity contribution in [2.45, 2.75) is 83.3 Å². The molecule has 1 saturated carbocycles. The SMILES string of the molecule is c1c(NC2CCNCC2)nc(NCc2cn(CCCNCCCC3CCCCC3)nn2)nc1N1CCOCC1. The molecule has 0 radical (unpaired) electrons. The van der Waals surface area contributed by atoms with Gasteiger partial charge in [0.2, 0.25) is 5.95 Å².